The fourth-order valence-corrected chi connectivity index (χ4v) is 3.94. The molecule has 0 unspecified atom stereocenters. The van der Waals surface area contributed by atoms with Crippen LogP contribution >= 0.6 is 0 Å². The highest BCUT2D eigenvalue weighted by Gasteiger charge is 2.29. The molecule has 1 atom stereocenters. The van der Waals surface area contributed by atoms with Gasteiger partial charge in [0, 0.05) is 47.9 Å². The first kappa shape index (κ1) is 16.6. The number of nitrogens with one attached hydrogen (secondary N) is 2. The highest BCUT2D eigenvalue weighted by molar-refractivity contribution is 5.98. The number of benzene rings is 2. The highest BCUT2D eigenvalue weighted by atomic mass is 16.3. The van der Waals surface area contributed by atoms with Gasteiger partial charge < -0.3 is 15.7 Å². The molecule has 28 heavy (non-hydrogen) atoms. The van der Waals surface area contributed by atoms with Crippen LogP contribution in [0.25, 0.3) is 10.9 Å². The molecule has 3 aromatic rings. The summed E-state index contributed by atoms with van der Waals surface area (Å²) in [6.07, 6.45) is 0.280. The Hall–Kier alpha value is -3.61. The van der Waals surface area contributed by atoms with E-state index in [0.717, 1.165) is 22.3 Å². The fraction of sp³-hybridized carbons (Fsp3) is 0.190. The van der Waals surface area contributed by atoms with Crippen molar-refractivity contribution in [2.24, 2.45) is 0 Å². The van der Waals surface area contributed by atoms with Crippen LogP contribution in [-0.2, 0) is 4.79 Å². The lowest BCUT2D eigenvalue weighted by Crippen LogP contribution is -2.29. The van der Waals surface area contributed by atoms with E-state index in [9.17, 15) is 14.7 Å². The molecule has 3 N–H and O–H groups in total. The van der Waals surface area contributed by atoms with Crippen molar-refractivity contribution < 1.29 is 14.7 Å². The summed E-state index contributed by atoms with van der Waals surface area (Å²) in [4.78, 5) is 30.6. The molecular formula is C21H18N4O3. The summed E-state index contributed by atoms with van der Waals surface area (Å²) in [6, 6.07) is 14.6. The van der Waals surface area contributed by atoms with Crippen LogP contribution < -0.4 is 15.5 Å². The van der Waals surface area contributed by atoms with E-state index in [-0.39, 0.29) is 30.0 Å². The van der Waals surface area contributed by atoms with Gasteiger partial charge in [-0.2, -0.15) is 0 Å². The van der Waals surface area contributed by atoms with Gasteiger partial charge in [0.05, 0.1) is 0 Å². The number of carbonyl (C=O) groups excluding carboxylic acids is 2. The van der Waals surface area contributed by atoms with Gasteiger partial charge >= 0.3 is 6.03 Å². The van der Waals surface area contributed by atoms with Crippen LogP contribution in [0.4, 0.5) is 16.2 Å². The number of hydrogen-bond donors (Lipinski definition) is 3. The Morgan fingerprint density at radius 3 is 2.82 bits per heavy atom. The molecule has 140 valence electrons. The Morgan fingerprint density at radius 2 is 2.00 bits per heavy atom. The first-order chi connectivity index (χ1) is 13.6. The molecule has 3 heterocycles. The summed E-state index contributed by atoms with van der Waals surface area (Å²) < 4.78 is 0. The number of aromatic hydroxyl groups is 1. The van der Waals surface area contributed by atoms with Gasteiger partial charge in [-0.05, 0) is 29.8 Å². The standard InChI is InChI=1S/C21H18N4O3/c26-18-3-1-2-12-4-7-16(24-20(12)18)15-11-19(27)23-17-10-13(5-6-14(15)17)25-9-8-22-21(25)28/h1-7,10,15,26H,8-9,11H2,(H,22,28)(H,23,27)/t15-/m1/s1. The first-order valence-corrected chi connectivity index (χ1v) is 9.18. The molecule has 2 aliphatic rings. The molecule has 0 radical (unpaired) electrons. The number of carbonyl (C=O) groups is 2. The number of fused-ring (bicyclic) bond motifs is 2. The summed E-state index contributed by atoms with van der Waals surface area (Å²) in [7, 11) is 0. The second-order valence-electron chi connectivity index (χ2n) is 7.04. The topological polar surface area (TPSA) is 94.6 Å². The predicted octanol–water partition coefficient (Wildman–Crippen LogP) is 2.94. The van der Waals surface area contributed by atoms with E-state index >= 15 is 0 Å². The third kappa shape index (κ3) is 2.63. The minimum absolute atomic E-state index is 0.0975. The number of amides is 3. The number of pyridine rings is 1. The van der Waals surface area contributed by atoms with Crippen molar-refractivity contribution in [3.05, 3.63) is 59.8 Å². The molecule has 2 aliphatic heterocycles. The van der Waals surface area contributed by atoms with Crippen molar-refractivity contribution in [2.45, 2.75) is 12.3 Å². The second-order valence-corrected chi connectivity index (χ2v) is 7.04. The number of hydrogen-bond acceptors (Lipinski definition) is 4. The monoisotopic (exact) mass is 374 g/mol. The van der Waals surface area contributed by atoms with Crippen LogP contribution in [0.2, 0.25) is 0 Å². The van der Waals surface area contributed by atoms with Crippen LogP contribution in [-0.4, -0.2) is 35.1 Å². The van der Waals surface area contributed by atoms with Crippen molar-refractivity contribution in [1.82, 2.24) is 10.3 Å². The molecule has 5 rings (SSSR count). The molecule has 0 saturated carbocycles. The zero-order valence-corrected chi connectivity index (χ0v) is 15.0. The second kappa shape index (κ2) is 6.23. The number of phenols is 1. The van der Waals surface area contributed by atoms with Crippen LogP contribution in [0.3, 0.4) is 0 Å². The van der Waals surface area contributed by atoms with Gasteiger partial charge in [-0.15, -0.1) is 0 Å². The number of rotatable bonds is 2. The number of anilines is 2. The number of para-hydroxylation sites is 1. The minimum Gasteiger partial charge on any atom is -0.506 e. The van der Waals surface area contributed by atoms with E-state index in [4.69, 9.17) is 0 Å². The average Bonchev–Trinajstić information content (AvgIpc) is 3.13. The maximum Gasteiger partial charge on any atom is 0.321 e. The Balaban J connectivity index is 1.58. The lowest BCUT2D eigenvalue weighted by atomic mass is 9.87. The number of phenolic OH excluding ortho intramolecular Hbond substituents is 1. The molecule has 0 spiro atoms. The summed E-state index contributed by atoms with van der Waals surface area (Å²) in [5.74, 6) is -0.191. The predicted molar refractivity (Wildman–Crippen MR) is 106 cm³/mol. The van der Waals surface area contributed by atoms with Crippen LogP contribution in [0, 0.1) is 0 Å². The van der Waals surface area contributed by atoms with E-state index in [1.165, 1.54) is 0 Å². The van der Waals surface area contributed by atoms with Crippen molar-refractivity contribution >= 4 is 34.2 Å². The fourth-order valence-electron chi connectivity index (χ4n) is 3.94. The average molecular weight is 374 g/mol. The maximum absolute atomic E-state index is 12.4. The lowest BCUT2D eigenvalue weighted by molar-refractivity contribution is -0.116. The molecule has 7 nitrogen and oxygen atoms in total. The largest absolute Gasteiger partial charge is 0.506 e. The zero-order chi connectivity index (χ0) is 19.3. The van der Waals surface area contributed by atoms with Crippen molar-refractivity contribution in [3.63, 3.8) is 0 Å². The van der Waals surface area contributed by atoms with E-state index in [2.05, 4.69) is 15.6 Å². The zero-order valence-electron chi connectivity index (χ0n) is 15.0. The molecule has 1 aromatic heterocycles. The van der Waals surface area contributed by atoms with E-state index in [1.54, 1.807) is 17.0 Å². The number of urea groups is 1. The Morgan fingerprint density at radius 1 is 1.11 bits per heavy atom. The Labute approximate surface area is 161 Å². The van der Waals surface area contributed by atoms with Gasteiger partial charge in [-0.25, -0.2) is 9.78 Å². The molecule has 2 aromatic carbocycles. The Bertz CT molecular complexity index is 1130. The van der Waals surface area contributed by atoms with E-state index in [1.807, 2.05) is 36.4 Å². The van der Waals surface area contributed by atoms with Crippen molar-refractivity contribution in [2.75, 3.05) is 23.3 Å². The molecule has 7 heteroatoms. The third-order valence-electron chi connectivity index (χ3n) is 5.32. The highest BCUT2D eigenvalue weighted by Crippen LogP contribution is 2.39. The summed E-state index contributed by atoms with van der Waals surface area (Å²) in [5, 5.41) is 16.7. The van der Waals surface area contributed by atoms with E-state index in [0.29, 0.717) is 24.3 Å². The molecule has 0 aliphatic carbocycles. The summed E-state index contributed by atoms with van der Waals surface area (Å²) in [5.41, 5.74) is 3.65. The smallest absolute Gasteiger partial charge is 0.321 e. The third-order valence-corrected chi connectivity index (χ3v) is 5.32. The van der Waals surface area contributed by atoms with Gasteiger partial charge in [-0.3, -0.25) is 9.69 Å². The van der Waals surface area contributed by atoms with Gasteiger partial charge in [0.2, 0.25) is 5.91 Å². The van der Waals surface area contributed by atoms with Gasteiger partial charge in [-0.1, -0.05) is 24.3 Å². The van der Waals surface area contributed by atoms with Crippen molar-refractivity contribution in [1.29, 1.82) is 0 Å². The van der Waals surface area contributed by atoms with Crippen molar-refractivity contribution in [3.8, 4) is 5.75 Å². The SMILES string of the molecule is O=C1C[C@@H](c2ccc3cccc(O)c3n2)c2ccc(N3CCNC3=O)cc2N1. The number of aromatic nitrogens is 1. The molecular weight excluding hydrogens is 356 g/mol. The minimum atomic E-state index is -0.214. The van der Waals surface area contributed by atoms with Gasteiger partial charge in [0.15, 0.2) is 0 Å². The van der Waals surface area contributed by atoms with Gasteiger partial charge in [0.1, 0.15) is 11.3 Å². The Kier molecular flexibility index (Phi) is 3.68. The normalized spacial score (nSPS) is 18.7. The molecule has 1 saturated heterocycles. The maximum atomic E-state index is 12.4. The van der Waals surface area contributed by atoms with Gasteiger partial charge in [0.25, 0.3) is 0 Å². The summed E-state index contributed by atoms with van der Waals surface area (Å²) in [6.45, 7) is 1.20. The summed E-state index contributed by atoms with van der Waals surface area (Å²) >= 11 is 0. The molecule has 0 bridgehead atoms. The van der Waals surface area contributed by atoms with Crippen LogP contribution in [0.1, 0.15) is 23.6 Å². The molecule has 1 fully saturated rings. The number of nitrogens with zero attached hydrogens (tertiary/aromatic N) is 2. The first-order valence-electron chi connectivity index (χ1n) is 9.18. The quantitative estimate of drug-likeness (QED) is 0.643. The van der Waals surface area contributed by atoms with Crippen LogP contribution in [0.15, 0.2) is 48.5 Å². The molecule has 3 amide bonds. The van der Waals surface area contributed by atoms with Crippen LogP contribution in [0.5, 0.6) is 5.75 Å². The van der Waals surface area contributed by atoms with E-state index < -0.39 is 0 Å². The lowest BCUT2D eigenvalue weighted by Gasteiger charge is -2.27.